The summed E-state index contributed by atoms with van der Waals surface area (Å²) in [6.45, 7) is 3.51. The maximum atomic E-state index is 12.2. The normalized spacial score (nSPS) is 11.0. The van der Waals surface area contributed by atoms with Crippen LogP contribution in [-0.2, 0) is 7.05 Å². The van der Waals surface area contributed by atoms with Gasteiger partial charge in [-0.05, 0) is 25.0 Å². The number of nitrogens with zero attached hydrogens (tertiary/aromatic N) is 2. The zero-order chi connectivity index (χ0) is 16.4. The van der Waals surface area contributed by atoms with E-state index < -0.39 is 0 Å². The Morgan fingerprint density at radius 2 is 1.43 bits per heavy atom. The Balaban J connectivity index is 2.28. The predicted molar refractivity (Wildman–Crippen MR) is 91.8 cm³/mol. The molecule has 3 rings (SSSR count). The van der Waals surface area contributed by atoms with Crippen LogP contribution in [0.15, 0.2) is 60.7 Å². The van der Waals surface area contributed by atoms with Gasteiger partial charge in [-0.3, -0.25) is 9.48 Å². The van der Waals surface area contributed by atoms with Crippen LogP contribution in [0.1, 0.15) is 45.7 Å². The number of Topliss-reactive ketones (excluding diaryl/α,β-unsaturated/α-hetero) is 1. The van der Waals surface area contributed by atoms with Crippen molar-refractivity contribution in [2.75, 3.05) is 0 Å². The van der Waals surface area contributed by atoms with E-state index >= 15 is 0 Å². The van der Waals surface area contributed by atoms with Crippen molar-refractivity contribution in [3.63, 3.8) is 0 Å². The average molecular weight is 304 g/mol. The molecule has 0 aliphatic rings. The molecule has 0 fully saturated rings. The van der Waals surface area contributed by atoms with Crippen molar-refractivity contribution in [3.05, 3.63) is 88.7 Å². The number of aryl methyl sites for hydroxylation is 2. The highest BCUT2D eigenvalue weighted by atomic mass is 16.1. The first-order valence-corrected chi connectivity index (χ1v) is 7.74. The molecule has 0 saturated heterocycles. The molecule has 0 atom stereocenters. The molecule has 116 valence electrons. The van der Waals surface area contributed by atoms with E-state index in [1.807, 2.05) is 55.1 Å². The fourth-order valence-corrected chi connectivity index (χ4v) is 3.24. The molecule has 0 aliphatic heterocycles. The molecule has 2 aromatic carbocycles. The van der Waals surface area contributed by atoms with Gasteiger partial charge in [-0.25, -0.2) is 0 Å². The van der Waals surface area contributed by atoms with Crippen LogP contribution in [0.25, 0.3) is 0 Å². The molecule has 3 aromatic rings. The Kier molecular flexibility index (Phi) is 4.11. The summed E-state index contributed by atoms with van der Waals surface area (Å²) in [5.74, 6) is 0.0463. The average Bonchev–Trinajstić information content (AvgIpc) is 2.84. The topological polar surface area (TPSA) is 34.9 Å². The van der Waals surface area contributed by atoms with Gasteiger partial charge in [0.1, 0.15) is 0 Å². The number of carbonyl (C=O) groups is 1. The molecule has 3 heteroatoms. The zero-order valence-electron chi connectivity index (χ0n) is 13.7. The number of ketones is 1. The first-order valence-electron chi connectivity index (χ1n) is 7.74. The summed E-state index contributed by atoms with van der Waals surface area (Å²) in [5, 5.41) is 4.50. The summed E-state index contributed by atoms with van der Waals surface area (Å²) in [6.07, 6.45) is 0. The molecule has 1 aromatic heterocycles. The minimum atomic E-state index is -0.0116. The maximum absolute atomic E-state index is 12.2. The van der Waals surface area contributed by atoms with Gasteiger partial charge >= 0.3 is 0 Å². The van der Waals surface area contributed by atoms with Gasteiger partial charge in [0.25, 0.3) is 0 Å². The van der Waals surface area contributed by atoms with Crippen LogP contribution in [0.3, 0.4) is 0 Å². The Morgan fingerprint density at radius 1 is 0.957 bits per heavy atom. The molecule has 0 amide bonds. The lowest BCUT2D eigenvalue weighted by molar-refractivity contribution is 0.101. The van der Waals surface area contributed by atoms with Gasteiger partial charge in [0, 0.05) is 7.05 Å². The minimum Gasteiger partial charge on any atom is -0.294 e. The molecular formula is C20H20N2O. The lowest BCUT2D eigenvalue weighted by atomic mass is 9.85. The van der Waals surface area contributed by atoms with Crippen molar-refractivity contribution in [1.29, 1.82) is 0 Å². The fourth-order valence-electron chi connectivity index (χ4n) is 3.24. The van der Waals surface area contributed by atoms with Crippen LogP contribution in [-0.4, -0.2) is 15.6 Å². The first kappa shape index (κ1) is 15.2. The van der Waals surface area contributed by atoms with Gasteiger partial charge in [0.15, 0.2) is 5.78 Å². The molecule has 0 unspecified atom stereocenters. The summed E-state index contributed by atoms with van der Waals surface area (Å²) in [4.78, 5) is 12.2. The standard InChI is InChI=1S/C20H20N2O/c1-14-18(15(2)23)20(22(3)21-14)19(16-10-6-4-7-11-16)17-12-8-5-9-13-17/h4-13,19H,1-3H3. The largest absolute Gasteiger partial charge is 0.294 e. The number of rotatable bonds is 4. The lowest BCUT2D eigenvalue weighted by Gasteiger charge is -2.20. The highest BCUT2D eigenvalue weighted by Gasteiger charge is 2.27. The summed E-state index contributed by atoms with van der Waals surface area (Å²) < 4.78 is 1.84. The molecule has 0 aliphatic carbocycles. The fraction of sp³-hybridized carbons (Fsp3) is 0.200. The Morgan fingerprint density at radius 3 is 1.87 bits per heavy atom. The third kappa shape index (κ3) is 2.82. The summed E-state index contributed by atoms with van der Waals surface area (Å²) in [7, 11) is 1.91. The summed E-state index contributed by atoms with van der Waals surface area (Å²) in [5.41, 5.74) is 4.78. The Labute approximate surface area is 136 Å². The van der Waals surface area contributed by atoms with E-state index in [4.69, 9.17) is 0 Å². The maximum Gasteiger partial charge on any atom is 0.163 e. The van der Waals surface area contributed by atoms with E-state index in [0.717, 1.165) is 28.1 Å². The van der Waals surface area contributed by atoms with Crippen molar-refractivity contribution in [1.82, 2.24) is 9.78 Å². The number of hydrogen-bond acceptors (Lipinski definition) is 2. The van der Waals surface area contributed by atoms with Crippen molar-refractivity contribution in [3.8, 4) is 0 Å². The van der Waals surface area contributed by atoms with Crippen LogP contribution >= 0.6 is 0 Å². The van der Waals surface area contributed by atoms with E-state index in [9.17, 15) is 4.79 Å². The molecular weight excluding hydrogens is 284 g/mol. The second-order valence-electron chi connectivity index (χ2n) is 5.78. The molecule has 0 radical (unpaired) electrons. The van der Waals surface area contributed by atoms with Crippen LogP contribution < -0.4 is 0 Å². The van der Waals surface area contributed by atoms with E-state index in [1.165, 1.54) is 0 Å². The van der Waals surface area contributed by atoms with Crippen molar-refractivity contribution in [2.24, 2.45) is 7.05 Å². The van der Waals surface area contributed by atoms with Crippen molar-refractivity contribution in [2.45, 2.75) is 19.8 Å². The van der Waals surface area contributed by atoms with Gasteiger partial charge in [-0.15, -0.1) is 0 Å². The molecule has 23 heavy (non-hydrogen) atoms. The van der Waals surface area contributed by atoms with Gasteiger partial charge in [0.2, 0.25) is 0 Å². The number of aromatic nitrogens is 2. The highest BCUT2D eigenvalue weighted by molar-refractivity contribution is 5.96. The monoisotopic (exact) mass is 304 g/mol. The van der Waals surface area contributed by atoms with Gasteiger partial charge in [-0.2, -0.15) is 5.10 Å². The van der Waals surface area contributed by atoms with Crippen LogP contribution in [0, 0.1) is 6.92 Å². The lowest BCUT2D eigenvalue weighted by Crippen LogP contribution is -2.12. The number of hydrogen-bond donors (Lipinski definition) is 0. The SMILES string of the molecule is CC(=O)c1c(C)nn(C)c1C(c1ccccc1)c1ccccc1. The number of carbonyl (C=O) groups excluding carboxylic acids is 1. The minimum absolute atomic E-state index is 0.0116. The molecule has 3 nitrogen and oxygen atoms in total. The second-order valence-corrected chi connectivity index (χ2v) is 5.78. The van der Waals surface area contributed by atoms with Crippen LogP contribution in [0.4, 0.5) is 0 Å². The van der Waals surface area contributed by atoms with E-state index in [-0.39, 0.29) is 11.7 Å². The first-order chi connectivity index (χ1) is 11.1. The molecule has 1 heterocycles. The molecule has 0 N–H and O–H groups in total. The van der Waals surface area contributed by atoms with Gasteiger partial charge < -0.3 is 0 Å². The third-order valence-electron chi connectivity index (χ3n) is 4.16. The Hall–Kier alpha value is -2.68. The quantitative estimate of drug-likeness (QED) is 0.680. The van der Waals surface area contributed by atoms with Crippen molar-refractivity contribution >= 4 is 5.78 Å². The smallest absolute Gasteiger partial charge is 0.163 e. The summed E-state index contributed by atoms with van der Waals surface area (Å²) >= 11 is 0. The van der Waals surface area contributed by atoms with Crippen LogP contribution in [0.5, 0.6) is 0 Å². The molecule has 0 spiro atoms. The number of benzene rings is 2. The van der Waals surface area contributed by atoms with Crippen molar-refractivity contribution < 1.29 is 4.79 Å². The molecule has 0 saturated carbocycles. The highest BCUT2D eigenvalue weighted by Crippen LogP contribution is 2.34. The summed E-state index contributed by atoms with van der Waals surface area (Å²) in [6, 6.07) is 20.5. The second kappa shape index (κ2) is 6.21. The van der Waals surface area contributed by atoms with Crippen LogP contribution in [0.2, 0.25) is 0 Å². The van der Waals surface area contributed by atoms with E-state index in [2.05, 4.69) is 29.4 Å². The van der Waals surface area contributed by atoms with Gasteiger partial charge in [-0.1, -0.05) is 60.7 Å². The predicted octanol–water partition coefficient (Wildman–Crippen LogP) is 4.11. The van der Waals surface area contributed by atoms with Gasteiger partial charge in [0.05, 0.1) is 22.9 Å². The Bertz CT molecular complexity index is 780. The van der Waals surface area contributed by atoms with E-state index in [1.54, 1.807) is 6.92 Å². The van der Waals surface area contributed by atoms with E-state index in [0.29, 0.717) is 0 Å². The third-order valence-corrected chi connectivity index (χ3v) is 4.16. The zero-order valence-corrected chi connectivity index (χ0v) is 13.7. The molecule has 0 bridgehead atoms.